The van der Waals surface area contributed by atoms with E-state index in [1.54, 1.807) is 0 Å². The molecule has 0 unspecified atom stereocenters. The van der Waals surface area contributed by atoms with Crippen LogP contribution in [0.5, 0.6) is 5.75 Å². The van der Waals surface area contributed by atoms with Crippen molar-refractivity contribution in [2.75, 3.05) is 19.0 Å². The molecule has 0 radical (unpaired) electrons. The van der Waals surface area contributed by atoms with Crippen LogP contribution < -0.4 is 20.6 Å². The first-order valence-corrected chi connectivity index (χ1v) is 10.6. The molecule has 0 aliphatic heterocycles. The number of carboxylic acids is 1. The number of hydrogen-bond donors (Lipinski definition) is 3. The molecular formula is C18H30FN3O4Si. The van der Waals surface area contributed by atoms with E-state index in [1.807, 2.05) is 41.5 Å². The van der Waals surface area contributed by atoms with Gasteiger partial charge in [0.05, 0.1) is 13.5 Å². The van der Waals surface area contributed by atoms with Crippen LogP contribution in [0.25, 0.3) is 0 Å². The van der Waals surface area contributed by atoms with Gasteiger partial charge in [0.2, 0.25) is 0 Å². The number of rotatable bonds is 6. The molecule has 0 aliphatic carbocycles. The number of ether oxygens (including phenoxy) is 1. The Labute approximate surface area is 160 Å². The zero-order valence-electron chi connectivity index (χ0n) is 17.1. The summed E-state index contributed by atoms with van der Waals surface area (Å²) in [5.74, 6) is -0.472. The summed E-state index contributed by atoms with van der Waals surface area (Å²) in [5, 5.41) is 12.8. The van der Waals surface area contributed by atoms with Crippen molar-refractivity contribution in [3.63, 3.8) is 0 Å². The van der Waals surface area contributed by atoms with E-state index in [-0.39, 0.29) is 18.8 Å². The summed E-state index contributed by atoms with van der Waals surface area (Å²) in [6.07, 6.45) is 1.25. The minimum atomic E-state index is -3.57. The number of methoxy groups -OCH3 is 1. The van der Waals surface area contributed by atoms with E-state index in [0.29, 0.717) is 10.9 Å². The SMILES string of the molecule is COc1cc(NC(=O)NCCC(=O)O)ncc1[Si](F)(C(C)(C)C)C(C)(C)C. The Kier molecular flexibility index (Phi) is 6.98. The Hall–Kier alpha value is -2.16. The second-order valence-corrected chi connectivity index (χ2v) is 13.3. The average molecular weight is 400 g/mol. The molecule has 0 aromatic carbocycles. The van der Waals surface area contributed by atoms with E-state index in [0.717, 1.165) is 0 Å². The first-order valence-electron chi connectivity index (χ1n) is 8.74. The van der Waals surface area contributed by atoms with Gasteiger partial charge in [-0.3, -0.25) is 10.1 Å². The van der Waals surface area contributed by atoms with Crippen molar-refractivity contribution in [3.05, 3.63) is 12.3 Å². The number of pyridine rings is 1. The van der Waals surface area contributed by atoms with E-state index in [4.69, 9.17) is 9.84 Å². The molecule has 27 heavy (non-hydrogen) atoms. The number of aromatic nitrogens is 1. The predicted octanol–water partition coefficient (Wildman–Crippen LogP) is 3.41. The molecule has 2 amide bonds. The summed E-state index contributed by atoms with van der Waals surface area (Å²) in [6.45, 7) is 11.3. The van der Waals surface area contributed by atoms with Crippen molar-refractivity contribution < 1.29 is 23.5 Å². The second-order valence-electron chi connectivity index (χ2n) is 8.45. The normalized spacial score (nSPS) is 12.4. The largest absolute Gasteiger partial charge is 0.497 e. The predicted molar refractivity (Wildman–Crippen MR) is 106 cm³/mol. The Balaban J connectivity index is 3.17. The van der Waals surface area contributed by atoms with Crippen LogP contribution in [0.3, 0.4) is 0 Å². The Morgan fingerprint density at radius 1 is 1.22 bits per heavy atom. The van der Waals surface area contributed by atoms with Gasteiger partial charge >= 0.3 is 12.0 Å². The quantitative estimate of drug-likeness (QED) is 0.503. The minimum absolute atomic E-state index is 0.00899. The van der Waals surface area contributed by atoms with Gasteiger partial charge in [0.25, 0.3) is 8.41 Å². The zero-order chi connectivity index (χ0) is 21.0. The third-order valence-corrected chi connectivity index (χ3v) is 9.64. The van der Waals surface area contributed by atoms with Crippen molar-refractivity contribution in [1.82, 2.24) is 10.3 Å². The highest BCUT2D eigenvalue weighted by Crippen LogP contribution is 2.52. The molecule has 0 saturated carbocycles. The third-order valence-electron chi connectivity index (χ3n) is 4.39. The summed E-state index contributed by atoms with van der Waals surface area (Å²) in [4.78, 5) is 26.5. The standard InChI is InChI=1S/C18H30FN3O4Si/c1-17(2,3)27(19,18(4,5)6)13-11-21-14(10-12(13)26-7)22-16(25)20-9-8-15(23)24/h10-11H,8-9H2,1-7H3,(H,23,24)(H2,20,21,22,25). The van der Waals surface area contributed by atoms with Crippen LogP contribution in [0.4, 0.5) is 14.7 Å². The van der Waals surface area contributed by atoms with Crippen molar-refractivity contribution in [2.24, 2.45) is 0 Å². The highest BCUT2D eigenvalue weighted by atomic mass is 28.4. The zero-order valence-corrected chi connectivity index (χ0v) is 18.1. The molecule has 7 nitrogen and oxygen atoms in total. The number of nitrogens with one attached hydrogen (secondary N) is 2. The smallest absolute Gasteiger partial charge is 0.320 e. The van der Waals surface area contributed by atoms with E-state index in [9.17, 15) is 9.59 Å². The number of anilines is 1. The lowest BCUT2D eigenvalue weighted by Gasteiger charge is -2.45. The molecule has 9 heteroatoms. The van der Waals surface area contributed by atoms with Gasteiger partial charge in [0.1, 0.15) is 11.6 Å². The van der Waals surface area contributed by atoms with Gasteiger partial charge in [-0.15, -0.1) is 0 Å². The minimum Gasteiger partial charge on any atom is -0.497 e. The number of carbonyl (C=O) groups excluding carboxylic acids is 1. The van der Waals surface area contributed by atoms with Crippen molar-refractivity contribution in [3.8, 4) is 5.75 Å². The van der Waals surface area contributed by atoms with Gasteiger partial charge in [-0.1, -0.05) is 41.5 Å². The fourth-order valence-electron chi connectivity index (χ4n) is 3.31. The van der Waals surface area contributed by atoms with Crippen LogP contribution in [0.1, 0.15) is 48.0 Å². The maximum absolute atomic E-state index is 16.5. The van der Waals surface area contributed by atoms with E-state index >= 15 is 4.11 Å². The van der Waals surface area contributed by atoms with Crippen molar-refractivity contribution >= 4 is 31.4 Å². The first kappa shape index (κ1) is 22.9. The van der Waals surface area contributed by atoms with Gasteiger partial charge in [-0.05, 0) is 10.1 Å². The molecule has 0 fully saturated rings. The average Bonchev–Trinajstić information content (AvgIpc) is 2.51. The topological polar surface area (TPSA) is 101 Å². The highest BCUT2D eigenvalue weighted by Gasteiger charge is 2.58. The summed E-state index contributed by atoms with van der Waals surface area (Å²) in [5.41, 5.74) is 0. The molecule has 0 saturated heterocycles. The maximum atomic E-state index is 16.5. The highest BCUT2D eigenvalue weighted by molar-refractivity contribution is 6.91. The molecule has 1 heterocycles. The van der Waals surface area contributed by atoms with Gasteiger partial charge in [0.15, 0.2) is 0 Å². The molecule has 0 aliphatic rings. The van der Waals surface area contributed by atoms with Crippen LogP contribution in [-0.4, -0.2) is 44.2 Å². The number of nitrogens with zero attached hydrogens (tertiary/aromatic N) is 1. The molecule has 152 valence electrons. The van der Waals surface area contributed by atoms with Gasteiger partial charge < -0.3 is 19.3 Å². The Morgan fingerprint density at radius 3 is 2.22 bits per heavy atom. The molecule has 0 spiro atoms. The fraction of sp³-hybridized carbons (Fsp3) is 0.611. The monoisotopic (exact) mass is 399 g/mol. The summed E-state index contributed by atoms with van der Waals surface area (Å²) in [6, 6.07) is 0.902. The number of amides is 2. The van der Waals surface area contributed by atoms with Crippen LogP contribution in [0.2, 0.25) is 10.1 Å². The molecule has 1 aromatic rings. The summed E-state index contributed by atoms with van der Waals surface area (Å²) >= 11 is 0. The lowest BCUT2D eigenvalue weighted by atomic mass is 10.2. The van der Waals surface area contributed by atoms with E-state index in [2.05, 4.69) is 15.6 Å². The number of urea groups is 1. The van der Waals surface area contributed by atoms with Crippen molar-refractivity contribution in [2.45, 2.75) is 58.0 Å². The Morgan fingerprint density at radius 2 is 1.78 bits per heavy atom. The van der Waals surface area contributed by atoms with Gasteiger partial charge in [0, 0.05) is 24.0 Å². The molecule has 1 aromatic heterocycles. The first-order chi connectivity index (χ1) is 12.2. The van der Waals surface area contributed by atoms with Crippen molar-refractivity contribution in [1.29, 1.82) is 0 Å². The Bertz CT molecular complexity index is 685. The second kappa shape index (κ2) is 8.24. The maximum Gasteiger partial charge on any atom is 0.320 e. The van der Waals surface area contributed by atoms with E-state index < -0.39 is 30.5 Å². The summed E-state index contributed by atoms with van der Waals surface area (Å²) in [7, 11) is -2.12. The van der Waals surface area contributed by atoms with E-state index in [1.165, 1.54) is 19.4 Å². The molecular weight excluding hydrogens is 369 g/mol. The number of carboxylic acid groups (broad SMARTS) is 1. The number of aliphatic carboxylic acids is 1. The number of halogens is 1. The number of carbonyl (C=O) groups is 2. The van der Waals surface area contributed by atoms with Gasteiger partial charge in [-0.2, -0.15) is 0 Å². The van der Waals surface area contributed by atoms with Crippen LogP contribution in [0.15, 0.2) is 12.3 Å². The van der Waals surface area contributed by atoms with Crippen LogP contribution >= 0.6 is 0 Å². The molecule has 0 atom stereocenters. The lowest BCUT2D eigenvalue weighted by Crippen LogP contribution is -2.58. The molecule has 3 N–H and O–H groups in total. The third kappa shape index (κ3) is 5.18. The fourth-order valence-corrected chi connectivity index (χ4v) is 7.93. The summed E-state index contributed by atoms with van der Waals surface area (Å²) < 4.78 is 21.9. The van der Waals surface area contributed by atoms with Crippen LogP contribution in [0, 0.1) is 0 Å². The molecule has 1 rings (SSSR count). The van der Waals surface area contributed by atoms with Crippen LogP contribution in [-0.2, 0) is 4.79 Å². The number of hydrogen-bond acceptors (Lipinski definition) is 4. The van der Waals surface area contributed by atoms with Gasteiger partial charge in [-0.25, -0.2) is 9.78 Å². The molecule has 0 bridgehead atoms. The lowest BCUT2D eigenvalue weighted by molar-refractivity contribution is -0.136.